The third-order valence-corrected chi connectivity index (χ3v) is 8.00. The number of aryl methyl sites for hydroxylation is 1. The molecule has 0 saturated carbocycles. The molecule has 1 aliphatic heterocycles. The van der Waals surface area contributed by atoms with E-state index in [2.05, 4.69) is 28.1 Å². The topological polar surface area (TPSA) is 92.9 Å². The zero-order valence-electron chi connectivity index (χ0n) is 23.5. The SMILES string of the molecule is Cc1c(C(=O)Cc2ccc(N3CCC(COc4ccc(C(=O)O)cc4)CC3)nc2)oc2ccc(-c3ccccc3)cc12. The molecule has 2 aromatic heterocycles. The average molecular weight is 561 g/mol. The molecule has 1 saturated heterocycles. The smallest absolute Gasteiger partial charge is 0.335 e. The van der Waals surface area contributed by atoms with Crippen LogP contribution < -0.4 is 9.64 Å². The minimum Gasteiger partial charge on any atom is -0.493 e. The minimum absolute atomic E-state index is 0.0575. The molecule has 1 fully saturated rings. The normalized spacial score (nSPS) is 13.8. The second-order valence-electron chi connectivity index (χ2n) is 10.8. The molecule has 0 amide bonds. The number of benzene rings is 3. The Hall–Kier alpha value is -4.91. The number of hydrogen-bond acceptors (Lipinski definition) is 6. The summed E-state index contributed by atoms with van der Waals surface area (Å²) in [6.45, 7) is 4.29. The highest BCUT2D eigenvalue weighted by molar-refractivity contribution is 6.02. The van der Waals surface area contributed by atoms with Crippen molar-refractivity contribution in [3.63, 3.8) is 0 Å². The number of aromatic nitrogens is 1. The highest BCUT2D eigenvalue weighted by Crippen LogP contribution is 2.31. The number of carbonyl (C=O) groups excluding carboxylic acids is 1. The van der Waals surface area contributed by atoms with E-state index in [9.17, 15) is 9.59 Å². The predicted octanol–water partition coefficient (Wildman–Crippen LogP) is 7.22. The number of pyridine rings is 1. The maximum Gasteiger partial charge on any atom is 0.335 e. The Morgan fingerprint density at radius 2 is 1.71 bits per heavy atom. The fraction of sp³-hybridized carbons (Fsp3) is 0.229. The number of ether oxygens (including phenoxy) is 1. The fourth-order valence-electron chi connectivity index (χ4n) is 5.51. The molecule has 0 unspecified atom stereocenters. The fourth-order valence-corrected chi connectivity index (χ4v) is 5.51. The number of carboxylic acid groups (broad SMARTS) is 1. The number of carbonyl (C=O) groups is 2. The summed E-state index contributed by atoms with van der Waals surface area (Å²) < 4.78 is 11.9. The van der Waals surface area contributed by atoms with Crippen LogP contribution in [0.25, 0.3) is 22.1 Å². The van der Waals surface area contributed by atoms with E-state index in [0.717, 1.165) is 59.4 Å². The van der Waals surface area contributed by atoms with Gasteiger partial charge >= 0.3 is 5.97 Å². The van der Waals surface area contributed by atoms with E-state index < -0.39 is 5.97 Å². The summed E-state index contributed by atoms with van der Waals surface area (Å²) in [4.78, 5) is 31.2. The number of ketones is 1. The van der Waals surface area contributed by atoms with Gasteiger partial charge in [-0.1, -0.05) is 42.5 Å². The second kappa shape index (κ2) is 11.9. The lowest BCUT2D eigenvalue weighted by Gasteiger charge is -2.32. The first-order chi connectivity index (χ1) is 20.4. The lowest BCUT2D eigenvalue weighted by molar-refractivity contribution is 0.0696. The standard InChI is InChI=1S/C35H32N2O5/c1-23-30-20-28(26-5-3-2-4-6-26)10-13-32(30)42-34(23)31(38)19-25-7-14-33(36-21-25)37-17-15-24(16-18-37)22-41-29-11-8-27(9-12-29)35(39)40/h2-14,20-21,24H,15-19,22H2,1H3,(H,39,40). The van der Waals surface area contributed by atoms with Crippen molar-refractivity contribution in [2.75, 3.05) is 24.6 Å². The van der Waals surface area contributed by atoms with Gasteiger partial charge in [0, 0.05) is 36.7 Å². The van der Waals surface area contributed by atoms with Gasteiger partial charge in [0.2, 0.25) is 5.78 Å². The molecule has 0 spiro atoms. The first-order valence-electron chi connectivity index (χ1n) is 14.2. The lowest BCUT2D eigenvalue weighted by Crippen LogP contribution is -2.36. The molecule has 42 heavy (non-hydrogen) atoms. The Morgan fingerprint density at radius 1 is 0.952 bits per heavy atom. The van der Waals surface area contributed by atoms with Crippen molar-refractivity contribution < 1.29 is 23.8 Å². The number of nitrogens with zero attached hydrogens (tertiary/aromatic N) is 2. The van der Waals surface area contributed by atoms with Gasteiger partial charge in [0.15, 0.2) is 5.76 Å². The van der Waals surface area contributed by atoms with E-state index in [0.29, 0.717) is 29.6 Å². The summed E-state index contributed by atoms with van der Waals surface area (Å²) in [6, 6.07) is 26.7. The quantitative estimate of drug-likeness (QED) is 0.190. The number of aromatic carboxylic acids is 1. The van der Waals surface area contributed by atoms with Crippen LogP contribution in [0.4, 0.5) is 5.82 Å². The third kappa shape index (κ3) is 5.91. The molecule has 212 valence electrons. The Balaban J connectivity index is 1.03. The monoisotopic (exact) mass is 560 g/mol. The van der Waals surface area contributed by atoms with E-state index in [4.69, 9.17) is 14.3 Å². The predicted molar refractivity (Wildman–Crippen MR) is 162 cm³/mol. The van der Waals surface area contributed by atoms with Crippen molar-refractivity contribution in [1.82, 2.24) is 4.98 Å². The average Bonchev–Trinajstić information content (AvgIpc) is 3.37. The number of piperidine rings is 1. The molecule has 1 aliphatic rings. The van der Waals surface area contributed by atoms with Gasteiger partial charge in [-0.3, -0.25) is 4.79 Å². The highest BCUT2D eigenvalue weighted by Gasteiger charge is 2.22. The number of furan rings is 1. The number of anilines is 1. The van der Waals surface area contributed by atoms with Gasteiger partial charge in [0.1, 0.15) is 17.2 Å². The summed E-state index contributed by atoms with van der Waals surface area (Å²) in [7, 11) is 0. The van der Waals surface area contributed by atoms with Crippen LogP contribution in [0.15, 0.2) is 95.5 Å². The van der Waals surface area contributed by atoms with E-state index in [-0.39, 0.29) is 17.8 Å². The molecule has 7 nitrogen and oxygen atoms in total. The largest absolute Gasteiger partial charge is 0.493 e. The Labute approximate surface area is 244 Å². The first-order valence-corrected chi connectivity index (χ1v) is 14.2. The van der Waals surface area contributed by atoms with Gasteiger partial charge in [0.05, 0.1) is 12.2 Å². The molecule has 3 heterocycles. The van der Waals surface area contributed by atoms with Gasteiger partial charge in [-0.25, -0.2) is 9.78 Å². The van der Waals surface area contributed by atoms with E-state index in [1.165, 1.54) is 0 Å². The molecule has 0 aliphatic carbocycles. The minimum atomic E-state index is -0.943. The first kappa shape index (κ1) is 27.3. The van der Waals surface area contributed by atoms with Crippen LogP contribution in [0.3, 0.4) is 0 Å². The van der Waals surface area contributed by atoms with Crippen LogP contribution in [-0.2, 0) is 6.42 Å². The Bertz CT molecular complexity index is 1700. The summed E-state index contributed by atoms with van der Waals surface area (Å²) >= 11 is 0. The van der Waals surface area contributed by atoms with Crippen LogP contribution in [0.2, 0.25) is 0 Å². The molecule has 7 heteroatoms. The lowest BCUT2D eigenvalue weighted by atomic mass is 9.97. The maximum atomic E-state index is 13.2. The molecule has 6 rings (SSSR count). The van der Waals surface area contributed by atoms with Crippen molar-refractivity contribution in [2.24, 2.45) is 5.92 Å². The van der Waals surface area contributed by atoms with Crippen LogP contribution in [0, 0.1) is 12.8 Å². The van der Waals surface area contributed by atoms with Crippen molar-refractivity contribution >= 4 is 28.5 Å². The van der Waals surface area contributed by atoms with Crippen LogP contribution in [0.1, 0.15) is 44.9 Å². The van der Waals surface area contributed by atoms with Gasteiger partial charge < -0.3 is 19.2 Å². The van der Waals surface area contributed by atoms with E-state index in [1.807, 2.05) is 49.4 Å². The second-order valence-corrected chi connectivity index (χ2v) is 10.8. The molecule has 5 aromatic rings. The van der Waals surface area contributed by atoms with Crippen molar-refractivity contribution in [2.45, 2.75) is 26.2 Å². The van der Waals surface area contributed by atoms with Crippen LogP contribution >= 0.6 is 0 Å². The number of rotatable bonds is 9. The molecule has 0 radical (unpaired) electrons. The highest BCUT2D eigenvalue weighted by atomic mass is 16.5. The third-order valence-electron chi connectivity index (χ3n) is 8.00. The zero-order chi connectivity index (χ0) is 29.1. The number of fused-ring (bicyclic) bond motifs is 1. The Kier molecular flexibility index (Phi) is 7.73. The number of carboxylic acids is 1. The van der Waals surface area contributed by atoms with Crippen molar-refractivity contribution in [3.8, 4) is 16.9 Å². The summed E-state index contributed by atoms with van der Waals surface area (Å²) in [6.07, 6.45) is 3.97. The van der Waals surface area contributed by atoms with Crippen molar-refractivity contribution in [3.05, 3.63) is 114 Å². The van der Waals surface area contributed by atoms with Crippen LogP contribution in [-0.4, -0.2) is 41.5 Å². The molecule has 1 N–H and O–H groups in total. The maximum absolute atomic E-state index is 13.2. The Morgan fingerprint density at radius 3 is 2.40 bits per heavy atom. The number of Topliss-reactive ketones (excluding diaryl/α,β-unsaturated/α-hetero) is 1. The summed E-state index contributed by atoms with van der Waals surface area (Å²) in [5.41, 5.74) is 4.90. The van der Waals surface area contributed by atoms with Gasteiger partial charge in [-0.15, -0.1) is 0 Å². The van der Waals surface area contributed by atoms with Gasteiger partial charge in [-0.05, 0) is 84.8 Å². The van der Waals surface area contributed by atoms with Crippen LogP contribution in [0.5, 0.6) is 5.75 Å². The summed E-state index contributed by atoms with van der Waals surface area (Å²) in [5, 5.41) is 9.99. The molecular formula is C35H32N2O5. The zero-order valence-corrected chi connectivity index (χ0v) is 23.5. The summed E-state index contributed by atoms with van der Waals surface area (Å²) in [5.74, 6) is 1.42. The molecule has 0 bridgehead atoms. The van der Waals surface area contributed by atoms with E-state index in [1.54, 1.807) is 30.5 Å². The number of hydrogen-bond donors (Lipinski definition) is 1. The molecule has 0 atom stereocenters. The van der Waals surface area contributed by atoms with Gasteiger partial charge in [0.25, 0.3) is 0 Å². The molecule has 3 aromatic carbocycles. The molecular weight excluding hydrogens is 528 g/mol. The van der Waals surface area contributed by atoms with Crippen molar-refractivity contribution in [1.29, 1.82) is 0 Å². The van der Waals surface area contributed by atoms with Gasteiger partial charge in [-0.2, -0.15) is 0 Å². The van der Waals surface area contributed by atoms with E-state index >= 15 is 0 Å².